The molecule has 0 amide bonds. The Balaban J connectivity index is 1.70. The zero-order valence-electron chi connectivity index (χ0n) is 14.3. The van der Waals surface area contributed by atoms with E-state index in [4.69, 9.17) is 0 Å². The van der Waals surface area contributed by atoms with Crippen molar-refractivity contribution >= 4 is 6.29 Å². The fraction of sp³-hybridized carbons (Fsp3) is 0.950. The van der Waals surface area contributed by atoms with Crippen LogP contribution < -0.4 is 0 Å². The monoisotopic (exact) mass is 304 g/mol. The fourth-order valence-electron chi connectivity index (χ4n) is 7.99. The molecule has 0 aliphatic heterocycles. The molecule has 1 spiro atoms. The highest BCUT2D eigenvalue weighted by Crippen LogP contribution is 2.72. The number of carbonyl (C=O) groups is 1. The third kappa shape index (κ3) is 1.79. The van der Waals surface area contributed by atoms with Crippen molar-refractivity contribution in [1.82, 2.24) is 0 Å². The first-order valence-corrected chi connectivity index (χ1v) is 9.55. The molecule has 22 heavy (non-hydrogen) atoms. The summed E-state index contributed by atoms with van der Waals surface area (Å²) in [4.78, 5) is 11.9. The van der Waals surface area contributed by atoms with Gasteiger partial charge in [0.05, 0.1) is 0 Å². The molecular formula is C20H32O2. The maximum absolute atomic E-state index is 11.9. The van der Waals surface area contributed by atoms with Gasteiger partial charge in [0.15, 0.2) is 0 Å². The number of rotatable bonds is 2. The Morgan fingerprint density at radius 1 is 1.05 bits per heavy atom. The lowest BCUT2D eigenvalue weighted by molar-refractivity contribution is -0.157. The van der Waals surface area contributed by atoms with Gasteiger partial charge in [0, 0.05) is 12.0 Å². The molecule has 4 aliphatic carbocycles. The van der Waals surface area contributed by atoms with E-state index >= 15 is 0 Å². The first-order valence-electron chi connectivity index (χ1n) is 9.55. The van der Waals surface area contributed by atoms with Gasteiger partial charge in [0.25, 0.3) is 0 Å². The van der Waals surface area contributed by atoms with E-state index in [-0.39, 0.29) is 5.41 Å². The van der Waals surface area contributed by atoms with Crippen LogP contribution in [0.2, 0.25) is 0 Å². The number of hydrogen-bond donors (Lipinski definition) is 1. The van der Waals surface area contributed by atoms with Crippen LogP contribution in [-0.2, 0) is 4.79 Å². The average molecular weight is 304 g/mol. The van der Waals surface area contributed by atoms with Gasteiger partial charge < -0.3 is 9.90 Å². The summed E-state index contributed by atoms with van der Waals surface area (Å²) in [5.41, 5.74) is 0.782. The first kappa shape index (κ1) is 15.2. The highest BCUT2D eigenvalue weighted by Gasteiger charge is 2.64. The summed E-state index contributed by atoms with van der Waals surface area (Å²) in [7, 11) is 0. The maximum atomic E-state index is 11.9. The topological polar surface area (TPSA) is 37.3 Å². The lowest BCUT2D eigenvalue weighted by Gasteiger charge is -2.63. The van der Waals surface area contributed by atoms with Gasteiger partial charge in [-0.1, -0.05) is 20.3 Å². The first-order chi connectivity index (χ1) is 10.5. The van der Waals surface area contributed by atoms with Crippen molar-refractivity contribution in [3.8, 4) is 0 Å². The molecule has 4 saturated carbocycles. The van der Waals surface area contributed by atoms with Crippen molar-refractivity contribution in [3.63, 3.8) is 0 Å². The second kappa shape index (κ2) is 4.82. The van der Waals surface area contributed by atoms with E-state index in [1.165, 1.54) is 57.7 Å². The molecule has 4 rings (SSSR count). The molecule has 7 atom stereocenters. The molecule has 0 heterocycles. The Labute approximate surface area is 135 Å². The molecule has 0 saturated heterocycles. The van der Waals surface area contributed by atoms with Gasteiger partial charge in [0.1, 0.15) is 6.29 Å². The second-order valence-corrected chi connectivity index (χ2v) is 9.68. The van der Waals surface area contributed by atoms with Crippen LogP contribution >= 0.6 is 0 Å². The zero-order chi connectivity index (χ0) is 15.6. The van der Waals surface area contributed by atoms with E-state index in [1.807, 2.05) is 0 Å². The minimum absolute atomic E-state index is 0.0829. The summed E-state index contributed by atoms with van der Waals surface area (Å²) >= 11 is 0. The van der Waals surface area contributed by atoms with Crippen LogP contribution in [0.1, 0.15) is 71.6 Å². The predicted molar refractivity (Wildman–Crippen MR) is 87.3 cm³/mol. The molecule has 1 N–H and O–H groups in total. The van der Waals surface area contributed by atoms with Crippen LogP contribution in [0.15, 0.2) is 0 Å². The molecule has 2 bridgehead atoms. The van der Waals surface area contributed by atoms with Crippen LogP contribution in [0.4, 0.5) is 0 Å². The standard InChI is InChI=1S/C20H32O2/c1-18(13-22)7-3-8-19(2)16(18)6-9-20-10-14(4-5-17(19)20)15(11-20)12-21/h13-17,21H,3-12H2,1-2H3. The molecule has 0 aromatic heterocycles. The predicted octanol–water partition coefficient (Wildman–Crippen LogP) is 4.21. The lowest BCUT2D eigenvalue weighted by atomic mass is 9.41. The minimum atomic E-state index is -0.0829. The molecule has 2 nitrogen and oxygen atoms in total. The van der Waals surface area contributed by atoms with Gasteiger partial charge in [-0.3, -0.25) is 0 Å². The number of aliphatic hydroxyl groups excluding tert-OH is 1. The van der Waals surface area contributed by atoms with Crippen LogP contribution in [0, 0.1) is 39.9 Å². The van der Waals surface area contributed by atoms with Gasteiger partial charge in [-0.2, -0.15) is 0 Å². The van der Waals surface area contributed by atoms with Crippen molar-refractivity contribution < 1.29 is 9.90 Å². The van der Waals surface area contributed by atoms with Crippen LogP contribution in [-0.4, -0.2) is 18.0 Å². The third-order valence-electron chi connectivity index (χ3n) is 8.82. The Kier molecular flexibility index (Phi) is 3.32. The van der Waals surface area contributed by atoms with Crippen molar-refractivity contribution in [2.75, 3.05) is 6.61 Å². The van der Waals surface area contributed by atoms with Crippen molar-refractivity contribution in [3.05, 3.63) is 0 Å². The molecule has 0 radical (unpaired) electrons. The molecule has 4 aliphatic rings. The number of fused-ring (bicyclic) bond motifs is 3. The summed E-state index contributed by atoms with van der Waals surface area (Å²) in [6, 6.07) is 0. The summed E-state index contributed by atoms with van der Waals surface area (Å²) < 4.78 is 0. The van der Waals surface area contributed by atoms with Crippen LogP contribution in [0.5, 0.6) is 0 Å². The quantitative estimate of drug-likeness (QED) is 0.776. The smallest absolute Gasteiger partial charge is 0.126 e. The molecule has 4 fully saturated rings. The Hall–Kier alpha value is -0.370. The molecular weight excluding hydrogens is 272 g/mol. The van der Waals surface area contributed by atoms with Gasteiger partial charge in [0.2, 0.25) is 0 Å². The van der Waals surface area contributed by atoms with Gasteiger partial charge in [-0.05, 0) is 85.9 Å². The molecule has 124 valence electrons. The van der Waals surface area contributed by atoms with Crippen LogP contribution in [0.3, 0.4) is 0 Å². The molecule has 2 heteroatoms. The number of carbonyl (C=O) groups excluding carboxylic acids is 1. The number of aldehydes is 1. The minimum Gasteiger partial charge on any atom is -0.396 e. The Bertz CT molecular complexity index is 474. The molecule has 0 aromatic rings. The van der Waals surface area contributed by atoms with E-state index < -0.39 is 0 Å². The van der Waals surface area contributed by atoms with E-state index in [0.717, 1.165) is 18.3 Å². The number of aliphatic hydroxyl groups is 1. The van der Waals surface area contributed by atoms with Gasteiger partial charge in [-0.25, -0.2) is 0 Å². The lowest BCUT2D eigenvalue weighted by Crippen LogP contribution is -2.56. The summed E-state index contributed by atoms with van der Waals surface area (Å²) in [5.74, 6) is 2.73. The maximum Gasteiger partial charge on any atom is 0.126 e. The van der Waals surface area contributed by atoms with E-state index in [9.17, 15) is 9.90 Å². The summed E-state index contributed by atoms with van der Waals surface area (Å²) in [5, 5.41) is 9.77. The highest BCUT2D eigenvalue weighted by atomic mass is 16.3. The van der Waals surface area contributed by atoms with E-state index in [0.29, 0.717) is 29.3 Å². The highest BCUT2D eigenvalue weighted by molar-refractivity contribution is 5.60. The summed E-state index contributed by atoms with van der Waals surface area (Å²) in [6.45, 7) is 5.15. The van der Waals surface area contributed by atoms with E-state index in [2.05, 4.69) is 13.8 Å². The van der Waals surface area contributed by atoms with Crippen molar-refractivity contribution in [2.45, 2.75) is 71.6 Å². The zero-order valence-corrected chi connectivity index (χ0v) is 14.3. The largest absolute Gasteiger partial charge is 0.396 e. The number of hydrogen-bond acceptors (Lipinski definition) is 2. The van der Waals surface area contributed by atoms with Crippen molar-refractivity contribution in [2.24, 2.45) is 39.9 Å². The van der Waals surface area contributed by atoms with Crippen LogP contribution in [0.25, 0.3) is 0 Å². The van der Waals surface area contributed by atoms with Gasteiger partial charge >= 0.3 is 0 Å². The normalized spacial score (nSPS) is 57.0. The summed E-state index contributed by atoms with van der Waals surface area (Å²) in [6.07, 6.45) is 12.8. The molecule has 0 aromatic carbocycles. The Morgan fingerprint density at radius 2 is 1.86 bits per heavy atom. The van der Waals surface area contributed by atoms with Gasteiger partial charge in [-0.15, -0.1) is 0 Å². The fourth-order valence-corrected chi connectivity index (χ4v) is 7.99. The average Bonchev–Trinajstić information content (AvgIpc) is 2.77. The van der Waals surface area contributed by atoms with E-state index in [1.54, 1.807) is 0 Å². The third-order valence-corrected chi connectivity index (χ3v) is 8.82. The van der Waals surface area contributed by atoms with Crippen molar-refractivity contribution in [1.29, 1.82) is 0 Å². The SMILES string of the molecule is CC1(C=O)CCCC2(C)C1CCC13CC(CO)C(CCC12)C3. The molecule has 7 unspecified atom stereocenters. The Morgan fingerprint density at radius 3 is 2.59 bits per heavy atom. The second-order valence-electron chi connectivity index (χ2n) is 9.68.